The zero-order valence-corrected chi connectivity index (χ0v) is 33.1. The minimum atomic E-state index is -4.53. The molecule has 1 saturated carbocycles. The molecule has 0 spiro atoms. The van der Waals surface area contributed by atoms with Crippen molar-refractivity contribution < 1.29 is 13.2 Å². The van der Waals surface area contributed by atoms with E-state index in [2.05, 4.69) is 95.0 Å². The molecule has 4 aliphatic rings. The Morgan fingerprint density at radius 2 is 1.15 bits per heavy atom. The fourth-order valence-corrected chi connectivity index (χ4v) is 10.4. The van der Waals surface area contributed by atoms with E-state index in [9.17, 15) is 13.2 Å². The Labute approximate surface area is 345 Å². The van der Waals surface area contributed by atoms with Crippen molar-refractivity contribution in [1.82, 2.24) is 19.9 Å². The van der Waals surface area contributed by atoms with E-state index in [0.717, 1.165) is 46.0 Å². The van der Waals surface area contributed by atoms with Crippen molar-refractivity contribution in [2.24, 2.45) is 5.41 Å². The molecule has 11 heteroatoms. The molecule has 0 saturated heterocycles. The highest BCUT2D eigenvalue weighted by Crippen LogP contribution is 2.78. The van der Waals surface area contributed by atoms with Crippen LogP contribution in [0.4, 0.5) is 59.2 Å². The van der Waals surface area contributed by atoms with Gasteiger partial charge in [-0.1, -0.05) is 110 Å². The van der Waals surface area contributed by atoms with Crippen LogP contribution in [-0.4, -0.2) is 32.3 Å². The van der Waals surface area contributed by atoms with E-state index < -0.39 is 11.7 Å². The lowest BCUT2D eigenvalue weighted by molar-refractivity contribution is -0.137. The molecule has 4 unspecified atom stereocenters. The number of aromatic nitrogens is 4. The molecule has 7 aromatic rings. The molecular formula is C49H39F3N8. The topological polar surface area (TPSA) is 64.5 Å². The van der Waals surface area contributed by atoms with Crippen molar-refractivity contribution >= 4 is 46.0 Å². The zero-order chi connectivity index (χ0) is 41.0. The molecule has 1 fully saturated rings. The van der Waals surface area contributed by atoms with Gasteiger partial charge in [-0.3, -0.25) is 0 Å². The third kappa shape index (κ3) is 4.98. The molecule has 11 rings (SSSR count). The molecular weight excluding hydrogens is 758 g/mol. The molecule has 1 aliphatic carbocycles. The van der Waals surface area contributed by atoms with Gasteiger partial charge >= 0.3 is 6.18 Å². The average molecular weight is 797 g/mol. The van der Waals surface area contributed by atoms with Crippen LogP contribution in [0, 0.1) is 5.41 Å². The molecule has 5 aromatic carbocycles. The minimum absolute atomic E-state index is 0.122. The Morgan fingerprint density at radius 1 is 0.600 bits per heavy atom. The van der Waals surface area contributed by atoms with Crippen molar-refractivity contribution in [2.45, 2.75) is 51.1 Å². The van der Waals surface area contributed by atoms with Crippen molar-refractivity contribution in [3.05, 3.63) is 181 Å². The number of nitrogens with zero attached hydrogens (tertiary/aromatic N) is 8. The quantitative estimate of drug-likeness (QED) is 0.154. The van der Waals surface area contributed by atoms with E-state index in [1.54, 1.807) is 36.9 Å². The van der Waals surface area contributed by atoms with E-state index >= 15 is 0 Å². The lowest BCUT2D eigenvalue weighted by atomic mass is 9.81. The van der Waals surface area contributed by atoms with Crippen LogP contribution in [0.3, 0.4) is 0 Å². The van der Waals surface area contributed by atoms with Gasteiger partial charge in [-0.05, 0) is 78.1 Å². The van der Waals surface area contributed by atoms with Crippen LogP contribution in [0.1, 0.15) is 37.5 Å². The summed E-state index contributed by atoms with van der Waals surface area (Å²) in [6.45, 7) is 6.76. The minimum Gasteiger partial charge on any atom is -0.302 e. The SMILES string of the molecule is CC1N(c2ccccc2)c2nccnc2N1c1cc(-c2ccccc2C(F)(F)F)ccc1C/C=C1\C2(C)c3ccccc3N3c4nccnc4N(c4ccccc4)C3C12C. The summed E-state index contributed by atoms with van der Waals surface area (Å²) in [6.07, 6.45) is 4.72. The Bertz CT molecular complexity index is 2850. The van der Waals surface area contributed by atoms with Crippen LogP contribution in [0.15, 0.2) is 164 Å². The highest BCUT2D eigenvalue weighted by Gasteiger charge is 2.77. The summed E-state index contributed by atoms with van der Waals surface area (Å²) in [4.78, 5) is 28.4. The monoisotopic (exact) mass is 796 g/mol. The fourth-order valence-electron chi connectivity index (χ4n) is 10.4. The van der Waals surface area contributed by atoms with E-state index in [1.165, 1.54) is 17.2 Å². The van der Waals surface area contributed by atoms with Gasteiger partial charge in [-0.25, -0.2) is 19.9 Å². The van der Waals surface area contributed by atoms with Crippen LogP contribution in [0.2, 0.25) is 0 Å². The molecule has 0 radical (unpaired) electrons. The molecule has 60 heavy (non-hydrogen) atoms. The second-order valence-electron chi connectivity index (χ2n) is 16.1. The summed E-state index contributed by atoms with van der Waals surface area (Å²) >= 11 is 0. The number of para-hydroxylation sites is 3. The van der Waals surface area contributed by atoms with Crippen LogP contribution in [0.25, 0.3) is 11.1 Å². The maximum Gasteiger partial charge on any atom is 0.417 e. The summed E-state index contributed by atoms with van der Waals surface area (Å²) < 4.78 is 43.5. The van der Waals surface area contributed by atoms with Gasteiger partial charge in [0.05, 0.1) is 5.56 Å². The highest BCUT2D eigenvalue weighted by molar-refractivity contribution is 5.91. The van der Waals surface area contributed by atoms with Crippen molar-refractivity contribution in [3.8, 4) is 11.1 Å². The van der Waals surface area contributed by atoms with Crippen LogP contribution >= 0.6 is 0 Å². The Balaban J connectivity index is 1.07. The van der Waals surface area contributed by atoms with Gasteiger partial charge in [0.25, 0.3) is 0 Å². The first-order chi connectivity index (χ1) is 29.1. The first-order valence-corrected chi connectivity index (χ1v) is 20.1. The molecule has 3 aliphatic heterocycles. The van der Waals surface area contributed by atoms with Crippen LogP contribution in [-0.2, 0) is 18.0 Å². The van der Waals surface area contributed by atoms with Crippen LogP contribution < -0.4 is 19.6 Å². The van der Waals surface area contributed by atoms with Crippen molar-refractivity contribution in [1.29, 1.82) is 0 Å². The van der Waals surface area contributed by atoms with Gasteiger partial charge in [0.2, 0.25) is 0 Å². The predicted octanol–water partition coefficient (Wildman–Crippen LogP) is 11.7. The third-order valence-corrected chi connectivity index (χ3v) is 13.2. The number of hydrogen-bond acceptors (Lipinski definition) is 8. The lowest BCUT2D eigenvalue weighted by Crippen LogP contribution is -2.50. The van der Waals surface area contributed by atoms with Crippen molar-refractivity contribution in [3.63, 3.8) is 0 Å². The van der Waals surface area contributed by atoms with Crippen molar-refractivity contribution in [2.75, 3.05) is 19.6 Å². The van der Waals surface area contributed by atoms with Gasteiger partial charge in [-0.15, -0.1) is 0 Å². The van der Waals surface area contributed by atoms with E-state index in [4.69, 9.17) is 19.9 Å². The molecule has 0 bridgehead atoms. The normalized spacial score (nSPS) is 22.9. The lowest BCUT2D eigenvalue weighted by Gasteiger charge is -2.43. The third-order valence-electron chi connectivity index (χ3n) is 13.2. The average Bonchev–Trinajstić information content (AvgIpc) is 3.48. The summed E-state index contributed by atoms with van der Waals surface area (Å²) in [5, 5.41) is 0. The standard InChI is InChI=1S/C49H39F3N8/c1-31-57(34-14-6-4-7-15-34)42-43(54-27-26-53-42)58(31)40-30-33(36-18-10-11-19-37(36)49(50,51)52)23-22-32(40)24-25-41-47(2)38-20-12-13-21-39(38)60-45-44(55-28-29-56-45)59(46(60)48(41,47)3)35-16-8-5-9-17-35/h4-23,25-31,46H,24H2,1-3H3/b41-25+. The largest absolute Gasteiger partial charge is 0.417 e. The maximum absolute atomic E-state index is 14.5. The van der Waals surface area contributed by atoms with Gasteiger partial charge in [0.1, 0.15) is 12.3 Å². The van der Waals surface area contributed by atoms with Gasteiger partial charge < -0.3 is 19.6 Å². The smallest absolute Gasteiger partial charge is 0.302 e. The van der Waals surface area contributed by atoms with Gasteiger partial charge in [0.15, 0.2) is 23.3 Å². The number of fused-ring (bicyclic) bond motifs is 9. The van der Waals surface area contributed by atoms with E-state index in [-0.39, 0.29) is 28.7 Å². The zero-order valence-electron chi connectivity index (χ0n) is 33.1. The summed E-state index contributed by atoms with van der Waals surface area (Å²) in [5.41, 5.74) is 6.48. The molecule has 8 nitrogen and oxygen atoms in total. The number of rotatable bonds is 6. The maximum atomic E-state index is 14.5. The molecule has 0 N–H and O–H groups in total. The van der Waals surface area contributed by atoms with Gasteiger partial charge in [-0.2, -0.15) is 13.2 Å². The number of halogens is 3. The van der Waals surface area contributed by atoms with E-state index in [1.807, 2.05) is 54.6 Å². The number of benzene rings is 5. The molecule has 4 atom stereocenters. The Hall–Kier alpha value is -7.01. The summed E-state index contributed by atoms with van der Waals surface area (Å²) in [7, 11) is 0. The Morgan fingerprint density at radius 3 is 1.82 bits per heavy atom. The Kier molecular flexibility index (Phi) is 7.82. The number of hydrogen-bond donors (Lipinski definition) is 0. The first kappa shape index (κ1) is 36.1. The summed E-state index contributed by atoms with van der Waals surface area (Å²) in [6, 6.07) is 40.4. The number of allylic oxidation sites excluding steroid dienone is 1. The molecule has 296 valence electrons. The molecule has 2 aromatic heterocycles. The fraction of sp³-hybridized carbons (Fsp3) is 0.184. The molecule has 5 heterocycles. The number of anilines is 8. The van der Waals surface area contributed by atoms with Gasteiger partial charge in [0, 0.05) is 58.4 Å². The first-order valence-electron chi connectivity index (χ1n) is 20.1. The predicted molar refractivity (Wildman–Crippen MR) is 229 cm³/mol. The molecule has 0 amide bonds. The number of alkyl halides is 3. The van der Waals surface area contributed by atoms with E-state index in [0.29, 0.717) is 23.6 Å². The second kappa shape index (κ2) is 13.0. The highest BCUT2D eigenvalue weighted by atomic mass is 19.4. The van der Waals surface area contributed by atoms with Crippen LogP contribution in [0.5, 0.6) is 0 Å². The second-order valence-corrected chi connectivity index (χ2v) is 16.1. The summed E-state index contributed by atoms with van der Waals surface area (Å²) in [5.74, 6) is 2.93.